The molecule has 0 atom stereocenters. The summed E-state index contributed by atoms with van der Waals surface area (Å²) < 4.78 is 5.32. The van der Waals surface area contributed by atoms with Gasteiger partial charge in [0.05, 0.1) is 13.2 Å². The summed E-state index contributed by atoms with van der Waals surface area (Å²) in [5.41, 5.74) is 2.76. The summed E-state index contributed by atoms with van der Waals surface area (Å²) in [6, 6.07) is 8.85. The lowest BCUT2D eigenvalue weighted by Crippen LogP contribution is -2.41. The minimum atomic E-state index is 0.868. The highest BCUT2D eigenvalue weighted by Crippen LogP contribution is 2.04. The van der Waals surface area contributed by atoms with Gasteiger partial charge in [0.25, 0.3) is 0 Å². The van der Waals surface area contributed by atoms with Gasteiger partial charge in [-0.05, 0) is 17.5 Å². The molecule has 1 heterocycles. The molecule has 3 heteroatoms. The molecular weight excluding hydrogens is 212 g/mol. The first-order valence-corrected chi connectivity index (χ1v) is 6.47. The highest BCUT2D eigenvalue weighted by molar-refractivity contribution is 5.22. The maximum absolute atomic E-state index is 5.32. The normalized spacial score (nSPS) is 17.2. The van der Waals surface area contributed by atoms with Crippen molar-refractivity contribution in [3.8, 4) is 0 Å². The number of rotatable bonds is 5. The third kappa shape index (κ3) is 4.11. The molecular formula is C14H22N2O. The second-order valence-electron chi connectivity index (χ2n) is 4.49. The van der Waals surface area contributed by atoms with Gasteiger partial charge in [-0.15, -0.1) is 0 Å². The van der Waals surface area contributed by atoms with Gasteiger partial charge in [0.2, 0.25) is 0 Å². The van der Waals surface area contributed by atoms with E-state index in [1.807, 2.05) is 0 Å². The molecule has 94 valence electrons. The van der Waals surface area contributed by atoms with Gasteiger partial charge in [-0.25, -0.2) is 0 Å². The first kappa shape index (κ1) is 12.6. The molecule has 0 radical (unpaired) electrons. The molecule has 1 fully saturated rings. The van der Waals surface area contributed by atoms with Crippen molar-refractivity contribution in [1.29, 1.82) is 0 Å². The van der Waals surface area contributed by atoms with Crippen LogP contribution in [-0.4, -0.2) is 37.9 Å². The third-order valence-corrected chi connectivity index (χ3v) is 3.20. The molecule has 1 aromatic carbocycles. The van der Waals surface area contributed by atoms with E-state index in [0.717, 1.165) is 45.9 Å². The molecule has 3 nitrogen and oxygen atoms in total. The van der Waals surface area contributed by atoms with Crippen LogP contribution in [0.2, 0.25) is 0 Å². The van der Waals surface area contributed by atoms with Crippen LogP contribution in [0.1, 0.15) is 18.1 Å². The molecule has 0 spiro atoms. The van der Waals surface area contributed by atoms with Crippen molar-refractivity contribution < 1.29 is 4.74 Å². The van der Waals surface area contributed by atoms with Gasteiger partial charge in [-0.2, -0.15) is 0 Å². The minimum absolute atomic E-state index is 0.868. The third-order valence-electron chi connectivity index (χ3n) is 3.20. The smallest absolute Gasteiger partial charge is 0.0594 e. The SMILES string of the molecule is CCc1ccc(CNCN2CCOCC2)cc1. The summed E-state index contributed by atoms with van der Waals surface area (Å²) in [5.74, 6) is 0. The van der Waals surface area contributed by atoms with Crippen molar-refractivity contribution in [3.63, 3.8) is 0 Å². The summed E-state index contributed by atoms with van der Waals surface area (Å²) in [6.45, 7) is 7.91. The molecule has 1 N–H and O–H groups in total. The van der Waals surface area contributed by atoms with Crippen LogP contribution < -0.4 is 5.32 Å². The lowest BCUT2D eigenvalue weighted by Gasteiger charge is -2.26. The zero-order valence-corrected chi connectivity index (χ0v) is 10.6. The first-order valence-electron chi connectivity index (χ1n) is 6.47. The lowest BCUT2D eigenvalue weighted by molar-refractivity contribution is 0.0340. The first-order chi connectivity index (χ1) is 8.38. The molecule has 0 saturated carbocycles. The average Bonchev–Trinajstić information content (AvgIpc) is 2.41. The van der Waals surface area contributed by atoms with E-state index in [4.69, 9.17) is 4.74 Å². The van der Waals surface area contributed by atoms with Crippen LogP contribution in [0, 0.1) is 0 Å². The fourth-order valence-corrected chi connectivity index (χ4v) is 2.01. The predicted molar refractivity (Wildman–Crippen MR) is 69.9 cm³/mol. The van der Waals surface area contributed by atoms with E-state index in [1.165, 1.54) is 11.1 Å². The van der Waals surface area contributed by atoms with Crippen LogP contribution in [0.3, 0.4) is 0 Å². The Kier molecular flexibility index (Phi) is 4.98. The molecule has 1 saturated heterocycles. The summed E-state index contributed by atoms with van der Waals surface area (Å²) in [5, 5.41) is 3.48. The number of ether oxygens (including phenoxy) is 1. The number of aryl methyl sites for hydroxylation is 1. The van der Waals surface area contributed by atoms with Crippen molar-refractivity contribution in [3.05, 3.63) is 35.4 Å². The Morgan fingerprint density at radius 1 is 1.12 bits per heavy atom. The van der Waals surface area contributed by atoms with E-state index in [0.29, 0.717) is 0 Å². The zero-order chi connectivity index (χ0) is 11.9. The predicted octanol–water partition coefficient (Wildman–Crippen LogP) is 1.63. The molecule has 2 rings (SSSR count). The second-order valence-corrected chi connectivity index (χ2v) is 4.49. The fraction of sp³-hybridized carbons (Fsp3) is 0.571. The van der Waals surface area contributed by atoms with E-state index in [-0.39, 0.29) is 0 Å². The van der Waals surface area contributed by atoms with E-state index < -0.39 is 0 Å². The van der Waals surface area contributed by atoms with Crippen LogP contribution in [0.4, 0.5) is 0 Å². The maximum Gasteiger partial charge on any atom is 0.0594 e. The van der Waals surface area contributed by atoms with Crippen LogP contribution in [0.25, 0.3) is 0 Å². The largest absolute Gasteiger partial charge is 0.379 e. The highest BCUT2D eigenvalue weighted by atomic mass is 16.5. The molecule has 1 aliphatic heterocycles. The number of benzene rings is 1. The van der Waals surface area contributed by atoms with Crippen molar-refractivity contribution in [2.24, 2.45) is 0 Å². The van der Waals surface area contributed by atoms with Crippen LogP contribution in [0.15, 0.2) is 24.3 Å². The van der Waals surface area contributed by atoms with Crippen LogP contribution in [-0.2, 0) is 17.7 Å². The number of morpholine rings is 1. The lowest BCUT2D eigenvalue weighted by atomic mass is 10.1. The number of hydrogen-bond donors (Lipinski definition) is 1. The summed E-state index contributed by atoms with van der Waals surface area (Å²) in [7, 11) is 0. The second kappa shape index (κ2) is 6.74. The summed E-state index contributed by atoms with van der Waals surface area (Å²) >= 11 is 0. The molecule has 0 aromatic heterocycles. The molecule has 0 unspecified atom stereocenters. The number of nitrogens with zero attached hydrogens (tertiary/aromatic N) is 1. The van der Waals surface area contributed by atoms with Crippen LogP contribution in [0.5, 0.6) is 0 Å². The molecule has 0 bridgehead atoms. The van der Waals surface area contributed by atoms with Crippen molar-refractivity contribution in [2.45, 2.75) is 19.9 Å². The Hall–Kier alpha value is -0.900. The minimum Gasteiger partial charge on any atom is -0.379 e. The molecule has 1 aliphatic rings. The van der Waals surface area contributed by atoms with Gasteiger partial charge in [-0.3, -0.25) is 4.90 Å². The Morgan fingerprint density at radius 3 is 2.41 bits per heavy atom. The van der Waals surface area contributed by atoms with Gasteiger partial charge >= 0.3 is 0 Å². The van der Waals surface area contributed by atoms with Crippen LogP contribution >= 0.6 is 0 Å². The van der Waals surface area contributed by atoms with E-state index in [9.17, 15) is 0 Å². The number of nitrogens with one attached hydrogen (secondary N) is 1. The Labute approximate surface area is 104 Å². The van der Waals surface area contributed by atoms with Crippen molar-refractivity contribution in [2.75, 3.05) is 33.0 Å². The fourth-order valence-electron chi connectivity index (χ4n) is 2.01. The summed E-state index contributed by atoms with van der Waals surface area (Å²) in [4.78, 5) is 2.39. The quantitative estimate of drug-likeness (QED) is 0.838. The van der Waals surface area contributed by atoms with Gasteiger partial charge in [0.15, 0.2) is 0 Å². The zero-order valence-electron chi connectivity index (χ0n) is 10.6. The number of hydrogen-bond acceptors (Lipinski definition) is 3. The van der Waals surface area contributed by atoms with E-state index in [2.05, 4.69) is 41.4 Å². The Morgan fingerprint density at radius 2 is 1.76 bits per heavy atom. The van der Waals surface area contributed by atoms with Gasteiger partial charge in [-0.1, -0.05) is 31.2 Å². The van der Waals surface area contributed by atoms with E-state index >= 15 is 0 Å². The Balaban J connectivity index is 1.69. The molecule has 1 aromatic rings. The molecule has 17 heavy (non-hydrogen) atoms. The van der Waals surface area contributed by atoms with Gasteiger partial charge < -0.3 is 10.1 Å². The summed E-state index contributed by atoms with van der Waals surface area (Å²) in [6.07, 6.45) is 1.11. The topological polar surface area (TPSA) is 24.5 Å². The molecule has 0 aliphatic carbocycles. The van der Waals surface area contributed by atoms with Gasteiger partial charge in [0, 0.05) is 26.3 Å². The monoisotopic (exact) mass is 234 g/mol. The van der Waals surface area contributed by atoms with Crippen molar-refractivity contribution in [1.82, 2.24) is 10.2 Å². The molecule has 0 amide bonds. The van der Waals surface area contributed by atoms with E-state index in [1.54, 1.807) is 0 Å². The van der Waals surface area contributed by atoms with Crippen molar-refractivity contribution >= 4 is 0 Å². The standard InChI is InChI=1S/C14H22N2O/c1-2-13-3-5-14(6-4-13)11-15-12-16-7-9-17-10-8-16/h3-6,15H,2,7-12H2,1H3. The Bertz CT molecular complexity index is 317. The highest BCUT2D eigenvalue weighted by Gasteiger charge is 2.08. The average molecular weight is 234 g/mol. The van der Waals surface area contributed by atoms with Gasteiger partial charge in [0.1, 0.15) is 0 Å². The maximum atomic E-state index is 5.32.